The SMILES string of the molecule is Cc1ccc(C(=O)NC(C)CC2CC2)cc1C#CCCO. The van der Waals surface area contributed by atoms with Crippen LogP contribution in [0.3, 0.4) is 0 Å². The number of rotatable bonds is 5. The van der Waals surface area contributed by atoms with E-state index in [-0.39, 0.29) is 18.6 Å². The van der Waals surface area contributed by atoms with Gasteiger partial charge in [0.2, 0.25) is 0 Å². The first kappa shape index (κ1) is 15.6. The molecule has 1 saturated carbocycles. The lowest BCUT2D eigenvalue weighted by molar-refractivity contribution is 0.0937. The van der Waals surface area contributed by atoms with Crippen molar-refractivity contribution in [2.24, 2.45) is 5.92 Å². The van der Waals surface area contributed by atoms with E-state index in [1.807, 2.05) is 25.1 Å². The molecule has 2 N–H and O–H groups in total. The number of amides is 1. The lowest BCUT2D eigenvalue weighted by Crippen LogP contribution is -2.32. The van der Waals surface area contributed by atoms with Crippen LogP contribution in [0.15, 0.2) is 18.2 Å². The number of aliphatic hydroxyl groups excluding tert-OH is 1. The first-order valence-corrected chi connectivity index (χ1v) is 7.61. The van der Waals surface area contributed by atoms with Crippen molar-refractivity contribution in [1.29, 1.82) is 0 Å². The summed E-state index contributed by atoms with van der Waals surface area (Å²) in [5.41, 5.74) is 2.55. The summed E-state index contributed by atoms with van der Waals surface area (Å²) < 4.78 is 0. The normalized spacial score (nSPS) is 15.0. The molecule has 1 amide bonds. The zero-order valence-corrected chi connectivity index (χ0v) is 12.8. The van der Waals surface area contributed by atoms with Crippen molar-refractivity contribution in [1.82, 2.24) is 5.32 Å². The molecule has 1 aromatic rings. The minimum atomic E-state index is -0.0339. The molecule has 1 aliphatic rings. The van der Waals surface area contributed by atoms with Gasteiger partial charge in [0.15, 0.2) is 0 Å². The van der Waals surface area contributed by atoms with Gasteiger partial charge < -0.3 is 10.4 Å². The van der Waals surface area contributed by atoms with Crippen LogP contribution in [0.5, 0.6) is 0 Å². The molecular formula is C18H23NO2. The number of hydrogen-bond donors (Lipinski definition) is 2. The van der Waals surface area contributed by atoms with Crippen LogP contribution in [0.2, 0.25) is 0 Å². The van der Waals surface area contributed by atoms with Crippen LogP contribution in [0.25, 0.3) is 0 Å². The van der Waals surface area contributed by atoms with Crippen LogP contribution in [0.4, 0.5) is 0 Å². The lowest BCUT2D eigenvalue weighted by Gasteiger charge is -2.13. The molecule has 0 aromatic heterocycles. The van der Waals surface area contributed by atoms with E-state index in [4.69, 9.17) is 5.11 Å². The van der Waals surface area contributed by atoms with Crippen molar-refractivity contribution in [2.45, 2.75) is 45.6 Å². The minimum absolute atomic E-state index is 0.0339. The largest absolute Gasteiger partial charge is 0.395 e. The minimum Gasteiger partial charge on any atom is -0.395 e. The monoisotopic (exact) mass is 285 g/mol. The Bertz CT molecular complexity index is 564. The number of nitrogens with one attached hydrogen (secondary N) is 1. The van der Waals surface area contributed by atoms with Crippen LogP contribution in [0, 0.1) is 24.7 Å². The molecule has 112 valence electrons. The number of aryl methyl sites for hydroxylation is 1. The molecule has 1 aliphatic carbocycles. The van der Waals surface area contributed by atoms with Crippen molar-refractivity contribution in [3.8, 4) is 11.8 Å². The maximum Gasteiger partial charge on any atom is 0.251 e. The second-order valence-electron chi connectivity index (χ2n) is 5.86. The van der Waals surface area contributed by atoms with E-state index in [0.717, 1.165) is 23.5 Å². The second-order valence-corrected chi connectivity index (χ2v) is 5.86. The smallest absolute Gasteiger partial charge is 0.251 e. The van der Waals surface area contributed by atoms with Gasteiger partial charge in [-0.2, -0.15) is 0 Å². The molecule has 0 heterocycles. The molecule has 1 unspecified atom stereocenters. The molecule has 1 atom stereocenters. The highest BCUT2D eigenvalue weighted by Gasteiger charge is 2.24. The molecule has 1 fully saturated rings. The summed E-state index contributed by atoms with van der Waals surface area (Å²) >= 11 is 0. The lowest BCUT2D eigenvalue weighted by atomic mass is 10.0. The zero-order valence-electron chi connectivity index (χ0n) is 12.8. The average Bonchev–Trinajstić information content (AvgIpc) is 3.24. The Morgan fingerprint density at radius 2 is 2.24 bits per heavy atom. The Labute approximate surface area is 126 Å². The average molecular weight is 285 g/mol. The predicted molar refractivity (Wildman–Crippen MR) is 84.0 cm³/mol. The van der Waals surface area contributed by atoms with Crippen molar-refractivity contribution >= 4 is 5.91 Å². The summed E-state index contributed by atoms with van der Waals surface area (Å²) in [5.74, 6) is 6.69. The highest BCUT2D eigenvalue weighted by atomic mass is 16.2. The van der Waals surface area contributed by atoms with Crippen LogP contribution < -0.4 is 5.32 Å². The Balaban J connectivity index is 2.03. The number of benzene rings is 1. The second kappa shape index (κ2) is 7.28. The van der Waals surface area contributed by atoms with Crippen LogP contribution in [-0.4, -0.2) is 23.7 Å². The molecule has 2 rings (SSSR count). The van der Waals surface area contributed by atoms with Crippen LogP contribution in [0.1, 0.15) is 54.1 Å². The van der Waals surface area contributed by atoms with Gasteiger partial charge in [-0.25, -0.2) is 0 Å². The molecule has 0 aliphatic heterocycles. The Morgan fingerprint density at radius 3 is 2.90 bits per heavy atom. The van der Waals surface area contributed by atoms with Gasteiger partial charge in [0.05, 0.1) is 6.61 Å². The van der Waals surface area contributed by atoms with E-state index in [1.165, 1.54) is 12.8 Å². The first-order valence-electron chi connectivity index (χ1n) is 7.61. The van der Waals surface area contributed by atoms with Gasteiger partial charge in [-0.05, 0) is 43.9 Å². The summed E-state index contributed by atoms with van der Waals surface area (Å²) in [5, 5.41) is 11.8. The number of aliphatic hydroxyl groups is 1. The van der Waals surface area contributed by atoms with Gasteiger partial charge in [0.1, 0.15) is 0 Å². The van der Waals surface area contributed by atoms with E-state index in [9.17, 15) is 4.79 Å². The Kier molecular flexibility index (Phi) is 5.41. The molecule has 3 heteroatoms. The van der Waals surface area contributed by atoms with E-state index < -0.39 is 0 Å². The zero-order chi connectivity index (χ0) is 15.2. The van der Waals surface area contributed by atoms with Gasteiger partial charge in [-0.3, -0.25) is 4.79 Å². The topological polar surface area (TPSA) is 49.3 Å². The van der Waals surface area contributed by atoms with Gasteiger partial charge in [0.25, 0.3) is 5.91 Å². The van der Waals surface area contributed by atoms with Crippen molar-refractivity contribution in [2.75, 3.05) is 6.61 Å². The highest BCUT2D eigenvalue weighted by Crippen LogP contribution is 2.33. The highest BCUT2D eigenvalue weighted by molar-refractivity contribution is 5.94. The molecule has 1 aromatic carbocycles. The van der Waals surface area contributed by atoms with Crippen molar-refractivity contribution in [3.05, 3.63) is 34.9 Å². The maximum atomic E-state index is 12.3. The van der Waals surface area contributed by atoms with Crippen molar-refractivity contribution < 1.29 is 9.90 Å². The predicted octanol–water partition coefficient (Wildman–Crippen LogP) is 2.65. The van der Waals surface area contributed by atoms with Gasteiger partial charge in [0, 0.05) is 23.6 Å². The van der Waals surface area contributed by atoms with Gasteiger partial charge in [-0.1, -0.05) is 30.7 Å². The van der Waals surface area contributed by atoms with E-state index in [2.05, 4.69) is 24.1 Å². The molecule has 0 spiro atoms. The summed E-state index contributed by atoms with van der Waals surface area (Å²) in [6.45, 7) is 4.09. The quantitative estimate of drug-likeness (QED) is 0.817. The fourth-order valence-electron chi connectivity index (χ4n) is 2.33. The first-order chi connectivity index (χ1) is 10.1. The van der Waals surface area contributed by atoms with Gasteiger partial charge in [-0.15, -0.1) is 0 Å². The maximum absolute atomic E-state index is 12.3. The summed E-state index contributed by atoms with van der Waals surface area (Å²) in [4.78, 5) is 12.3. The molecule has 0 saturated heterocycles. The summed E-state index contributed by atoms with van der Waals surface area (Å²) in [6.07, 6.45) is 4.12. The third kappa shape index (κ3) is 4.91. The van der Waals surface area contributed by atoms with Crippen molar-refractivity contribution in [3.63, 3.8) is 0 Å². The third-order valence-corrected chi connectivity index (χ3v) is 3.72. The molecular weight excluding hydrogens is 262 g/mol. The molecule has 0 bridgehead atoms. The number of carbonyl (C=O) groups excluding carboxylic acids is 1. The summed E-state index contributed by atoms with van der Waals surface area (Å²) in [7, 11) is 0. The fourth-order valence-corrected chi connectivity index (χ4v) is 2.33. The van der Waals surface area contributed by atoms with Crippen LogP contribution in [-0.2, 0) is 0 Å². The molecule has 3 nitrogen and oxygen atoms in total. The van der Waals surface area contributed by atoms with E-state index >= 15 is 0 Å². The van der Waals surface area contributed by atoms with E-state index in [0.29, 0.717) is 12.0 Å². The number of hydrogen-bond acceptors (Lipinski definition) is 2. The summed E-state index contributed by atoms with van der Waals surface area (Å²) in [6, 6.07) is 5.81. The molecule has 21 heavy (non-hydrogen) atoms. The standard InChI is InChI=1S/C18H23NO2/c1-13-6-9-17(12-16(13)5-3-4-10-20)18(21)19-14(2)11-15-7-8-15/h6,9,12,14-15,20H,4,7-8,10-11H2,1-2H3,(H,19,21). The van der Waals surface area contributed by atoms with E-state index in [1.54, 1.807) is 0 Å². The Hall–Kier alpha value is -1.79. The van der Waals surface area contributed by atoms with Crippen LogP contribution >= 0.6 is 0 Å². The number of carbonyl (C=O) groups is 1. The fraction of sp³-hybridized carbons (Fsp3) is 0.500. The third-order valence-electron chi connectivity index (χ3n) is 3.72. The molecule has 0 radical (unpaired) electrons. The van der Waals surface area contributed by atoms with Gasteiger partial charge >= 0.3 is 0 Å². The Morgan fingerprint density at radius 1 is 1.48 bits per heavy atom.